The van der Waals surface area contributed by atoms with Gasteiger partial charge in [0, 0.05) is 16.8 Å². The van der Waals surface area contributed by atoms with Gasteiger partial charge >= 0.3 is 5.69 Å². The van der Waals surface area contributed by atoms with Gasteiger partial charge in [0.25, 0.3) is 5.91 Å². The maximum absolute atomic E-state index is 12.1. The molecule has 6 nitrogen and oxygen atoms in total. The molecule has 1 amide bonds. The molecule has 0 aromatic heterocycles. The summed E-state index contributed by atoms with van der Waals surface area (Å²) in [5, 5.41) is 14.0. The smallest absolute Gasteiger partial charge is 0.312 e. The van der Waals surface area contributed by atoms with E-state index in [9.17, 15) is 14.9 Å². The van der Waals surface area contributed by atoms with Gasteiger partial charge in [-0.3, -0.25) is 14.9 Å². The fourth-order valence-corrected chi connectivity index (χ4v) is 2.44. The van der Waals surface area contributed by atoms with Crippen molar-refractivity contribution < 1.29 is 14.5 Å². The van der Waals surface area contributed by atoms with E-state index in [0.717, 1.165) is 23.2 Å². The highest BCUT2D eigenvalue weighted by Gasteiger charge is 2.17. The lowest BCUT2D eigenvalue weighted by Gasteiger charge is -2.13. The van der Waals surface area contributed by atoms with Crippen molar-refractivity contribution in [3.05, 3.63) is 62.7 Å². The molecular weight excluding hydrogens is 332 g/mol. The fraction of sp³-hybridized carbons (Fsp3) is 0.235. The molecule has 2 rings (SSSR count). The predicted octanol–water partition coefficient (Wildman–Crippen LogP) is 4.14. The van der Waals surface area contributed by atoms with Gasteiger partial charge in [-0.05, 0) is 36.6 Å². The van der Waals surface area contributed by atoms with Gasteiger partial charge in [-0.15, -0.1) is 0 Å². The third-order valence-electron chi connectivity index (χ3n) is 3.48. The van der Waals surface area contributed by atoms with E-state index in [1.165, 1.54) is 18.2 Å². The first-order valence-electron chi connectivity index (χ1n) is 7.37. The molecule has 0 unspecified atom stereocenters. The largest absolute Gasteiger partial charge is 0.477 e. The second-order valence-electron chi connectivity index (χ2n) is 5.17. The number of carbonyl (C=O) groups is 1. The Kier molecular flexibility index (Phi) is 5.76. The van der Waals surface area contributed by atoms with E-state index in [2.05, 4.69) is 5.32 Å². The average molecular weight is 349 g/mol. The Morgan fingerprint density at radius 2 is 2.08 bits per heavy atom. The second-order valence-corrected chi connectivity index (χ2v) is 5.61. The van der Waals surface area contributed by atoms with Crippen LogP contribution >= 0.6 is 11.6 Å². The van der Waals surface area contributed by atoms with Crippen LogP contribution in [0.1, 0.15) is 18.1 Å². The van der Waals surface area contributed by atoms with Crippen molar-refractivity contribution >= 4 is 28.9 Å². The van der Waals surface area contributed by atoms with Gasteiger partial charge in [-0.2, -0.15) is 0 Å². The molecule has 0 heterocycles. The highest BCUT2D eigenvalue weighted by atomic mass is 35.5. The summed E-state index contributed by atoms with van der Waals surface area (Å²) in [6, 6.07) is 9.80. The number of hydrogen-bond acceptors (Lipinski definition) is 4. The summed E-state index contributed by atoms with van der Waals surface area (Å²) in [4.78, 5) is 22.5. The number of carbonyl (C=O) groups excluding carboxylic acids is 1. The van der Waals surface area contributed by atoms with Crippen LogP contribution in [0.5, 0.6) is 5.75 Å². The number of nitrogens with one attached hydrogen (secondary N) is 1. The number of nitrogens with zero attached hydrogens (tertiary/aromatic N) is 1. The molecule has 2 aromatic carbocycles. The third kappa shape index (κ3) is 4.23. The van der Waals surface area contributed by atoms with Crippen LogP contribution in [0.15, 0.2) is 36.4 Å². The zero-order chi connectivity index (χ0) is 17.7. The zero-order valence-corrected chi connectivity index (χ0v) is 14.1. The Hall–Kier alpha value is -2.60. The van der Waals surface area contributed by atoms with Crippen LogP contribution in [0.3, 0.4) is 0 Å². The molecule has 0 aliphatic rings. The summed E-state index contributed by atoms with van der Waals surface area (Å²) in [5.41, 5.74) is 2.43. The standard InChI is InChI=1S/C17H17ClN2O4/c1-3-12-6-4-5-11(2)17(12)19-16(21)10-24-15-8-7-13(18)9-14(15)20(22)23/h4-9H,3,10H2,1-2H3,(H,19,21). The minimum absolute atomic E-state index is 0.0000450. The van der Waals surface area contributed by atoms with Gasteiger partial charge in [0.05, 0.1) is 4.92 Å². The van der Waals surface area contributed by atoms with Crippen molar-refractivity contribution in [2.75, 3.05) is 11.9 Å². The van der Waals surface area contributed by atoms with Crippen molar-refractivity contribution in [2.45, 2.75) is 20.3 Å². The van der Waals surface area contributed by atoms with Crippen molar-refractivity contribution in [2.24, 2.45) is 0 Å². The number of hydrogen-bond donors (Lipinski definition) is 1. The highest BCUT2D eigenvalue weighted by molar-refractivity contribution is 6.30. The molecule has 0 aliphatic heterocycles. The topological polar surface area (TPSA) is 81.5 Å². The Balaban J connectivity index is 2.09. The van der Waals surface area contributed by atoms with Crippen molar-refractivity contribution in [1.82, 2.24) is 0 Å². The molecular formula is C17H17ClN2O4. The lowest BCUT2D eigenvalue weighted by atomic mass is 10.1. The lowest BCUT2D eigenvalue weighted by molar-refractivity contribution is -0.385. The normalized spacial score (nSPS) is 10.3. The number of aryl methyl sites for hydroxylation is 2. The molecule has 2 aromatic rings. The molecule has 0 fully saturated rings. The fourth-order valence-electron chi connectivity index (χ4n) is 2.28. The molecule has 126 valence electrons. The summed E-state index contributed by atoms with van der Waals surface area (Å²) in [7, 11) is 0. The van der Waals surface area contributed by atoms with E-state index < -0.39 is 4.92 Å². The van der Waals surface area contributed by atoms with Crippen molar-refractivity contribution in [3.63, 3.8) is 0 Å². The average Bonchev–Trinajstić information content (AvgIpc) is 2.55. The van der Waals surface area contributed by atoms with Gasteiger partial charge < -0.3 is 10.1 Å². The first-order chi connectivity index (χ1) is 11.4. The van der Waals surface area contributed by atoms with Gasteiger partial charge in [-0.25, -0.2) is 0 Å². The van der Waals surface area contributed by atoms with E-state index in [1.807, 2.05) is 32.0 Å². The maximum Gasteiger partial charge on any atom is 0.312 e. The number of anilines is 1. The lowest BCUT2D eigenvalue weighted by Crippen LogP contribution is -2.21. The molecule has 7 heteroatoms. The van der Waals surface area contributed by atoms with Crippen LogP contribution in [-0.2, 0) is 11.2 Å². The molecule has 1 N–H and O–H groups in total. The van der Waals surface area contributed by atoms with Crippen molar-refractivity contribution in [3.8, 4) is 5.75 Å². The molecule has 0 atom stereocenters. The minimum Gasteiger partial charge on any atom is -0.477 e. The van der Waals surface area contributed by atoms with Crippen LogP contribution in [0.2, 0.25) is 5.02 Å². The molecule has 0 aliphatic carbocycles. The van der Waals surface area contributed by atoms with E-state index in [4.69, 9.17) is 16.3 Å². The Morgan fingerprint density at radius 1 is 1.33 bits per heavy atom. The number of halogens is 1. The summed E-state index contributed by atoms with van der Waals surface area (Å²) >= 11 is 5.74. The van der Waals surface area contributed by atoms with Gasteiger partial charge in [-0.1, -0.05) is 36.7 Å². The molecule has 0 radical (unpaired) electrons. The summed E-state index contributed by atoms with van der Waals surface area (Å²) in [6.45, 7) is 3.57. The minimum atomic E-state index is -0.602. The van der Waals surface area contributed by atoms with E-state index in [1.54, 1.807) is 0 Å². The van der Waals surface area contributed by atoms with Crippen LogP contribution in [-0.4, -0.2) is 17.4 Å². The number of ether oxygens (including phenoxy) is 1. The van der Waals surface area contributed by atoms with Crippen LogP contribution in [0.25, 0.3) is 0 Å². The molecule has 0 bridgehead atoms. The van der Waals surface area contributed by atoms with E-state index >= 15 is 0 Å². The van der Waals surface area contributed by atoms with E-state index in [-0.39, 0.29) is 29.0 Å². The highest BCUT2D eigenvalue weighted by Crippen LogP contribution is 2.30. The monoisotopic (exact) mass is 348 g/mol. The summed E-state index contributed by atoms with van der Waals surface area (Å²) in [5.74, 6) is -0.386. The van der Waals surface area contributed by atoms with Gasteiger partial charge in [0.1, 0.15) is 0 Å². The summed E-state index contributed by atoms with van der Waals surface area (Å²) in [6.07, 6.45) is 0.779. The first kappa shape index (κ1) is 17.7. The zero-order valence-electron chi connectivity index (χ0n) is 13.3. The van der Waals surface area contributed by atoms with Crippen LogP contribution in [0.4, 0.5) is 11.4 Å². The summed E-state index contributed by atoms with van der Waals surface area (Å²) < 4.78 is 5.29. The van der Waals surface area contributed by atoms with Gasteiger partial charge in [0.15, 0.2) is 12.4 Å². The van der Waals surface area contributed by atoms with Crippen molar-refractivity contribution in [1.29, 1.82) is 0 Å². The number of nitro groups is 1. The maximum atomic E-state index is 12.1. The predicted molar refractivity (Wildman–Crippen MR) is 92.8 cm³/mol. The molecule has 0 saturated carbocycles. The third-order valence-corrected chi connectivity index (χ3v) is 3.72. The first-order valence-corrected chi connectivity index (χ1v) is 7.75. The number of benzene rings is 2. The number of rotatable bonds is 6. The van der Waals surface area contributed by atoms with Crippen LogP contribution < -0.4 is 10.1 Å². The number of nitro benzene ring substituents is 1. The second kappa shape index (κ2) is 7.79. The quantitative estimate of drug-likeness (QED) is 0.628. The van der Waals surface area contributed by atoms with Crippen LogP contribution in [0, 0.1) is 17.0 Å². The molecule has 24 heavy (non-hydrogen) atoms. The molecule has 0 saturated heterocycles. The number of para-hydroxylation sites is 1. The van der Waals surface area contributed by atoms with E-state index in [0.29, 0.717) is 0 Å². The molecule has 0 spiro atoms. The SMILES string of the molecule is CCc1cccc(C)c1NC(=O)COc1ccc(Cl)cc1[N+](=O)[O-]. The number of amides is 1. The Labute approximate surface area is 144 Å². The Morgan fingerprint density at radius 3 is 2.75 bits per heavy atom. The Bertz CT molecular complexity index is 777. The van der Waals surface area contributed by atoms with Gasteiger partial charge in [0.2, 0.25) is 0 Å².